The summed E-state index contributed by atoms with van der Waals surface area (Å²) in [6, 6.07) is 6.55. The third-order valence-electron chi connectivity index (χ3n) is 3.29. The lowest BCUT2D eigenvalue weighted by molar-refractivity contribution is 0.200. The summed E-state index contributed by atoms with van der Waals surface area (Å²) in [5.41, 5.74) is 1.08. The van der Waals surface area contributed by atoms with E-state index >= 15 is 0 Å². The van der Waals surface area contributed by atoms with Crippen LogP contribution in [0.5, 0.6) is 0 Å². The second-order valence-corrected chi connectivity index (χ2v) is 6.85. The highest BCUT2D eigenvalue weighted by Gasteiger charge is 2.21. The standard InChI is InChI=1S/C13H19FN2O2S/c1-19(17,18)15-13-6-8-16(9-7-13)10-11-2-4-12(14)5-3-11/h2-5,13,15H,6-10H2,1H3. The summed E-state index contributed by atoms with van der Waals surface area (Å²) >= 11 is 0. The molecule has 2 rings (SSSR count). The first-order valence-corrected chi connectivity index (χ1v) is 8.25. The van der Waals surface area contributed by atoms with Crippen molar-refractivity contribution in [2.75, 3.05) is 19.3 Å². The van der Waals surface area contributed by atoms with Crippen LogP contribution in [0.1, 0.15) is 18.4 Å². The minimum atomic E-state index is -3.12. The van der Waals surface area contributed by atoms with Crippen molar-refractivity contribution in [2.45, 2.75) is 25.4 Å². The van der Waals surface area contributed by atoms with Gasteiger partial charge in [0, 0.05) is 25.7 Å². The number of hydrogen-bond donors (Lipinski definition) is 1. The highest BCUT2D eigenvalue weighted by molar-refractivity contribution is 7.88. The van der Waals surface area contributed by atoms with Crippen LogP contribution in [0.4, 0.5) is 4.39 Å². The van der Waals surface area contributed by atoms with Crippen LogP contribution >= 0.6 is 0 Å². The Balaban J connectivity index is 1.82. The Bertz CT molecular complexity index is 508. The van der Waals surface area contributed by atoms with Gasteiger partial charge in [-0.15, -0.1) is 0 Å². The van der Waals surface area contributed by atoms with E-state index in [-0.39, 0.29) is 11.9 Å². The average molecular weight is 286 g/mol. The average Bonchev–Trinajstić information content (AvgIpc) is 2.33. The molecule has 0 radical (unpaired) electrons. The summed E-state index contributed by atoms with van der Waals surface area (Å²) in [6.45, 7) is 2.49. The summed E-state index contributed by atoms with van der Waals surface area (Å²) in [4.78, 5) is 2.26. The van der Waals surface area contributed by atoms with E-state index in [4.69, 9.17) is 0 Å². The lowest BCUT2D eigenvalue weighted by Gasteiger charge is -2.31. The van der Waals surface area contributed by atoms with E-state index < -0.39 is 10.0 Å². The molecule has 1 fully saturated rings. The van der Waals surface area contributed by atoms with Crippen molar-refractivity contribution >= 4 is 10.0 Å². The van der Waals surface area contributed by atoms with Crippen LogP contribution in [0, 0.1) is 5.82 Å². The fraction of sp³-hybridized carbons (Fsp3) is 0.538. The predicted octanol–water partition coefficient (Wildman–Crippen LogP) is 1.34. The minimum absolute atomic E-state index is 0.0412. The smallest absolute Gasteiger partial charge is 0.208 e. The SMILES string of the molecule is CS(=O)(=O)NC1CCN(Cc2ccc(F)cc2)CC1. The third-order valence-corrected chi connectivity index (χ3v) is 4.05. The fourth-order valence-electron chi connectivity index (χ4n) is 2.36. The molecule has 1 aliphatic heterocycles. The highest BCUT2D eigenvalue weighted by Crippen LogP contribution is 2.14. The summed E-state index contributed by atoms with van der Waals surface area (Å²) in [5, 5.41) is 0. The summed E-state index contributed by atoms with van der Waals surface area (Å²) < 4.78 is 37.7. The molecule has 106 valence electrons. The van der Waals surface area contributed by atoms with E-state index in [1.807, 2.05) is 0 Å². The van der Waals surface area contributed by atoms with Crippen molar-refractivity contribution in [3.63, 3.8) is 0 Å². The zero-order valence-corrected chi connectivity index (χ0v) is 11.8. The second kappa shape index (κ2) is 5.98. The van der Waals surface area contributed by atoms with Gasteiger partial charge in [-0.05, 0) is 30.5 Å². The van der Waals surface area contributed by atoms with Gasteiger partial charge in [0.2, 0.25) is 10.0 Å². The second-order valence-electron chi connectivity index (χ2n) is 5.07. The van der Waals surface area contributed by atoms with E-state index in [1.54, 1.807) is 12.1 Å². The number of halogens is 1. The van der Waals surface area contributed by atoms with Gasteiger partial charge in [0.15, 0.2) is 0 Å². The van der Waals surface area contributed by atoms with Crippen LogP contribution in [0.15, 0.2) is 24.3 Å². The molecule has 0 saturated carbocycles. The molecule has 1 saturated heterocycles. The monoisotopic (exact) mass is 286 g/mol. The number of hydrogen-bond acceptors (Lipinski definition) is 3. The molecule has 0 spiro atoms. The van der Waals surface area contributed by atoms with Crippen molar-refractivity contribution in [2.24, 2.45) is 0 Å². The molecular weight excluding hydrogens is 267 g/mol. The zero-order chi connectivity index (χ0) is 13.9. The van der Waals surface area contributed by atoms with Crippen molar-refractivity contribution in [1.82, 2.24) is 9.62 Å². The Labute approximate surface area is 113 Å². The number of piperidine rings is 1. The van der Waals surface area contributed by atoms with Gasteiger partial charge in [-0.1, -0.05) is 12.1 Å². The number of sulfonamides is 1. The van der Waals surface area contributed by atoms with Gasteiger partial charge in [-0.2, -0.15) is 0 Å². The van der Waals surface area contributed by atoms with Crippen LogP contribution < -0.4 is 4.72 Å². The molecule has 0 bridgehead atoms. The van der Waals surface area contributed by atoms with Gasteiger partial charge < -0.3 is 0 Å². The van der Waals surface area contributed by atoms with Crippen LogP contribution in [-0.2, 0) is 16.6 Å². The molecule has 6 heteroatoms. The van der Waals surface area contributed by atoms with Crippen molar-refractivity contribution in [3.05, 3.63) is 35.6 Å². The quantitative estimate of drug-likeness (QED) is 0.908. The molecule has 0 atom stereocenters. The normalized spacial score (nSPS) is 18.6. The van der Waals surface area contributed by atoms with E-state index in [1.165, 1.54) is 18.4 Å². The lowest BCUT2D eigenvalue weighted by Crippen LogP contribution is -2.43. The Morgan fingerprint density at radius 2 is 1.84 bits per heavy atom. The van der Waals surface area contributed by atoms with E-state index in [9.17, 15) is 12.8 Å². The molecule has 1 aromatic rings. The van der Waals surface area contributed by atoms with Crippen molar-refractivity contribution in [3.8, 4) is 0 Å². The van der Waals surface area contributed by atoms with Gasteiger partial charge in [-0.25, -0.2) is 17.5 Å². The molecule has 0 aliphatic carbocycles. The third kappa shape index (κ3) is 4.89. The van der Waals surface area contributed by atoms with Gasteiger partial charge in [-0.3, -0.25) is 4.90 Å². The molecule has 0 amide bonds. The van der Waals surface area contributed by atoms with Crippen LogP contribution in [0.25, 0.3) is 0 Å². The van der Waals surface area contributed by atoms with E-state index in [0.29, 0.717) is 0 Å². The molecule has 1 heterocycles. The van der Waals surface area contributed by atoms with E-state index in [2.05, 4.69) is 9.62 Å². The van der Waals surface area contributed by atoms with Crippen LogP contribution in [-0.4, -0.2) is 38.7 Å². The molecule has 19 heavy (non-hydrogen) atoms. The summed E-state index contributed by atoms with van der Waals surface area (Å²) in [5.74, 6) is -0.222. The molecule has 1 N–H and O–H groups in total. The number of nitrogens with one attached hydrogen (secondary N) is 1. The van der Waals surface area contributed by atoms with Gasteiger partial charge in [0.25, 0.3) is 0 Å². The first kappa shape index (κ1) is 14.4. The maximum absolute atomic E-state index is 12.8. The first-order chi connectivity index (χ1) is 8.92. The Kier molecular flexibility index (Phi) is 4.54. The summed E-state index contributed by atoms with van der Waals surface area (Å²) in [6.07, 6.45) is 2.82. The zero-order valence-electron chi connectivity index (χ0n) is 11.0. The fourth-order valence-corrected chi connectivity index (χ4v) is 3.20. The highest BCUT2D eigenvalue weighted by atomic mass is 32.2. The number of rotatable bonds is 4. The molecule has 1 aliphatic rings. The van der Waals surface area contributed by atoms with Gasteiger partial charge >= 0.3 is 0 Å². The number of nitrogens with zero attached hydrogens (tertiary/aromatic N) is 1. The van der Waals surface area contributed by atoms with Crippen LogP contribution in [0.3, 0.4) is 0 Å². The molecule has 1 aromatic carbocycles. The topological polar surface area (TPSA) is 49.4 Å². The molecular formula is C13H19FN2O2S. The van der Waals surface area contributed by atoms with Gasteiger partial charge in [0.1, 0.15) is 5.82 Å². The number of likely N-dealkylation sites (tertiary alicyclic amines) is 1. The Morgan fingerprint density at radius 3 is 2.37 bits per heavy atom. The Morgan fingerprint density at radius 1 is 1.26 bits per heavy atom. The summed E-state index contributed by atoms with van der Waals surface area (Å²) in [7, 11) is -3.12. The van der Waals surface area contributed by atoms with Crippen LogP contribution in [0.2, 0.25) is 0 Å². The molecule has 0 aromatic heterocycles. The minimum Gasteiger partial charge on any atom is -0.299 e. The largest absolute Gasteiger partial charge is 0.299 e. The lowest BCUT2D eigenvalue weighted by atomic mass is 10.1. The predicted molar refractivity (Wildman–Crippen MR) is 72.7 cm³/mol. The van der Waals surface area contributed by atoms with Crippen molar-refractivity contribution in [1.29, 1.82) is 0 Å². The molecule has 0 unspecified atom stereocenters. The molecule has 4 nitrogen and oxygen atoms in total. The maximum atomic E-state index is 12.8. The Hall–Kier alpha value is -0.980. The van der Waals surface area contributed by atoms with Gasteiger partial charge in [0.05, 0.1) is 6.26 Å². The van der Waals surface area contributed by atoms with E-state index in [0.717, 1.165) is 38.0 Å². The maximum Gasteiger partial charge on any atom is 0.208 e. The van der Waals surface area contributed by atoms with Crippen molar-refractivity contribution < 1.29 is 12.8 Å². The first-order valence-electron chi connectivity index (χ1n) is 6.36. The number of benzene rings is 1.